The fourth-order valence-electron chi connectivity index (χ4n) is 2.38. The van der Waals surface area contributed by atoms with Crippen LogP contribution in [0.25, 0.3) is 0 Å². The molecule has 0 atom stereocenters. The third-order valence-corrected chi connectivity index (χ3v) is 3.55. The lowest BCUT2D eigenvalue weighted by Crippen LogP contribution is -2.66. The van der Waals surface area contributed by atoms with Gasteiger partial charge in [0.1, 0.15) is 5.54 Å². The summed E-state index contributed by atoms with van der Waals surface area (Å²) < 4.78 is 0. The number of nitrogens with one attached hydrogen (secondary N) is 1. The molecule has 0 aromatic rings. The SMILES string of the molecule is CCCCN1C(=O)CNC(=O)C1(CC)CC. The van der Waals surface area contributed by atoms with Crippen LogP contribution in [0.3, 0.4) is 0 Å². The third-order valence-electron chi connectivity index (χ3n) is 3.55. The van der Waals surface area contributed by atoms with Crippen LogP contribution in [0, 0.1) is 0 Å². The fourth-order valence-corrected chi connectivity index (χ4v) is 2.38. The summed E-state index contributed by atoms with van der Waals surface area (Å²) in [5, 5.41) is 2.70. The number of piperazine rings is 1. The molecule has 1 N–H and O–H groups in total. The van der Waals surface area contributed by atoms with E-state index in [2.05, 4.69) is 12.2 Å². The summed E-state index contributed by atoms with van der Waals surface area (Å²) in [6.45, 7) is 6.89. The van der Waals surface area contributed by atoms with E-state index in [1.807, 2.05) is 13.8 Å². The molecule has 0 aromatic heterocycles. The van der Waals surface area contributed by atoms with E-state index in [1.165, 1.54) is 0 Å². The van der Waals surface area contributed by atoms with Crippen LogP contribution in [0.2, 0.25) is 0 Å². The Morgan fingerprint density at radius 1 is 1.25 bits per heavy atom. The summed E-state index contributed by atoms with van der Waals surface area (Å²) in [6, 6.07) is 0. The van der Waals surface area contributed by atoms with E-state index in [-0.39, 0.29) is 18.4 Å². The van der Waals surface area contributed by atoms with Gasteiger partial charge in [-0.1, -0.05) is 27.2 Å². The van der Waals surface area contributed by atoms with Crippen molar-refractivity contribution in [2.75, 3.05) is 13.1 Å². The van der Waals surface area contributed by atoms with Crippen molar-refractivity contribution in [2.24, 2.45) is 0 Å². The summed E-state index contributed by atoms with van der Waals surface area (Å²) >= 11 is 0. The van der Waals surface area contributed by atoms with Crippen molar-refractivity contribution in [3.05, 3.63) is 0 Å². The molecule has 16 heavy (non-hydrogen) atoms. The van der Waals surface area contributed by atoms with Gasteiger partial charge >= 0.3 is 0 Å². The molecule has 0 aliphatic carbocycles. The smallest absolute Gasteiger partial charge is 0.246 e. The summed E-state index contributed by atoms with van der Waals surface area (Å²) in [5.74, 6) is 0.0601. The van der Waals surface area contributed by atoms with Gasteiger partial charge in [-0.2, -0.15) is 0 Å². The van der Waals surface area contributed by atoms with Gasteiger partial charge < -0.3 is 10.2 Å². The summed E-state index contributed by atoms with van der Waals surface area (Å²) in [5.41, 5.74) is -0.607. The highest BCUT2D eigenvalue weighted by Crippen LogP contribution is 2.27. The summed E-state index contributed by atoms with van der Waals surface area (Å²) in [7, 11) is 0. The Labute approximate surface area is 97.4 Å². The van der Waals surface area contributed by atoms with Gasteiger partial charge in [-0.3, -0.25) is 9.59 Å². The van der Waals surface area contributed by atoms with Gasteiger partial charge in [-0.25, -0.2) is 0 Å². The second kappa shape index (κ2) is 5.32. The van der Waals surface area contributed by atoms with Crippen molar-refractivity contribution in [3.8, 4) is 0 Å². The molecular formula is C12H22N2O2. The second-order valence-electron chi connectivity index (χ2n) is 4.32. The molecule has 1 fully saturated rings. The molecule has 4 heteroatoms. The molecule has 1 aliphatic heterocycles. The fraction of sp³-hybridized carbons (Fsp3) is 0.833. The van der Waals surface area contributed by atoms with Crippen molar-refractivity contribution in [2.45, 2.75) is 52.0 Å². The molecule has 1 aliphatic rings. The third kappa shape index (κ3) is 2.06. The lowest BCUT2D eigenvalue weighted by Gasteiger charge is -2.45. The van der Waals surface area contributed by atoms with Crippen LogP contribution in [0.4, 0.5) is 0 Å². The van der Waals surface area contributed by atoms with Gasteiger partial charge in [-0.15, -0.1) is 0 Å². The Balaban J connectivity index is 2.93. The zero-order chi connectivity index (χ0) is 12.2. The van der Waals surface area contributed by atoms with Crippen molar-refractivity contribution in [3.63, 3.8) is 0 Å². The molecule has 0 bridgehead atoms. The van der Waals surface area contributed by atoms with E-state index >= 15 is 0 Å². The van der Waals surface area contributed by atoms with Crippen molar-refractivity contribution in [1.82, 2.24) is 10.2 Å². The first-order chi connectivity index (χ1) is 7.62. The monoisotopic (exact) mass is 226 g/mol. The predicted molar refractivity (Wildman–Crippen MR) is 62.9 cm³/mol. The molecule has 92 valence electrons. The quantitative estimate of drug-likeness (QED) is 0.768. The van der Waals surface area contributed by atoms with E-state index in [4.69, 9.17) is 0 Å². The zero-order valence-corrected chi connectivity index (χ0v) is 10.5. The molecular weight excluding hydrogens is 204 g/mol. The number of hydrogen-bond donors (Lipinski definition) is 1. The van der Waals surface area contributed by atoms with Gasteiger partial charge in [0.05, 0.1) is 6.54 Å². The van der Waals surface area contributed by atoms with Gasteiger partial charge in [0.25, 0.3) is 0 Å². The Kier molecular flexibility index (Phi) is 4.33. The molecule has 0 unspecified atom stereocenters. The Morgan fingerprint density at radius 3 is 2.38 bits per heavy atom. The highest BCUT2D eigenvalue weighted by Gasteiger charge is 2.46. The number of carbonyl (C=O) groups is 2. The second-order valence-corrected chi connectivity index (χ2v) is 4.32. The molecule has 1 saturated heterocycles. The maximum absolute atomic E-state index is 12.0. The predicted octanol–water partition coefficient (Wildman–Crippen LogP) is 1.30. The largest absolute Gasteiger partial charge is 0.345 e. The van der Waals surface area contributed by atoms with Crippen LogP contribution in [0.1, 0.15) is 46.5 Å². The zero-order valence-electron chi connectivity index (χ0n) is 10.5. The Morgan fingerprint density at radius 2 is 1.88 bits per heavy atom. The topological polar surface area (TPSA) is 49.4 Å². The molecule has 1 heterocycles. The maximum atomic E-state index is 12.0. The van der Waals surface area contributed by atoms with Crippen molar-refractivity contribution >= 4 is 11.8 Å². The first-order valence-electron chi connectivity index (χ1n) is 6.21. The number of nitrogens with zero attached hydrogens (tertiary/aromatic N) is 1. The Bertz CT molecular complexity index is 272. The minimum Gasteiger partial charge on any atom is -0.345 e. The van der Waals surface area contributed by atoms with Gasteiger partial charge in [0, 0.05) is 6.54 Å². The first-order valence-corrected chi connectivity index (χ1v) is 6.21. The minimum atomic E-state index is -0.607. The molecule has 4 nitrogen and oxygen atoms in total. The van der Waals surface area contributed by atoms with Gasteiger partial charge in [0.15, 0.2) is 0 Å². The van der Waals surface area contributed by atoms with Crippen molar-refractivity contribution < 1.29 is 9.59 Å². The standard InChI is InChI=1S/C12H22N2O2/c1-4-7-8-14-10(15)9-13-11(16)12(14,5-2)6-3/h4-9H2,1-3H3,(H,13,16). The van der Waals surface area contributed by atoms with E-state index < -0.39 is 5.54 Å². The van der Waals surface area contributed by atoms with Crippen LogP contribution in [0.5, 0.6) is 0 Å². The minimum absolute atomic E-state index is 0.00760. The molecule has 0 saturated carbocycles. The summed E-state index contributed by atoms with van der Waals surface area (Å²) in [6.07, 6.45) is 3.37. The molecule has 0 spiro atoms. The van der Waals surface area contributed by atoms with Crippen LogP contribution in [-0.4, -0.2) is 35.3 Å². The average molecular weight is 226 g/mol. The number of rotatable bonds is 5. The Hall–Kier alpha value is -1.06. The number of hydrogen-bond acceptors (Lipinski definition) is 2. The lowest BCUT2D eigenvalue weighted by atomic mass is 9.87. The van der Waals surface area contributed by atoms with Crippen LogP contribution in [0.15, 0.2) is 0 Å². The molecule has 1 rings (SSSR count). The average Bonchev–Trinajstić information content (AvgIpc) is 2.30. The molecule has 2 amide bonds. The van der Waals surface area contributed by atoms with Gasteiger partial charge in [0.2, 0.25) is 11.8 Å². The van der Waals surface area contributed by atoms with Crippen LogP contribution in [-0.2, 0) is 9.59 Å². The number of unbranched alkanes of at least 4 members (excludes halogenated alkanes) is 1. The normalized spacial score (nSPS) is 19.8. The van der Waals surface area contributed by atoms with Crippen LogP contribution < -0.4 is 5.32 Å². The lowest BCUT2D eigenvalue weighted by molar-refractivity contribution is -0.154. The maximum Gasteiger partial charge on any atom is 0.246 e. The molecule has 0 aromatic carbocycles. The van der Waals surface area contributed by atoms with E-state index in [0.29, 0.717) is 19.4 Å². The van der Waals surface area contributed by atoms with E-state index in [9.17, 15) is 9.59 Å². The highest BCUT2D eigenvalue weighted by molar-refractivity contribution is 5.97. The highest BCUT2D eigenvalue weighted by atomic mass is 16.2. The van der Waals surface area contributed by atoms with Gasteiger partial charge in [-0.05, 0) is 19.3 Å². The van der Waals surface area contributed by atoms with Crippen LogP contribution >= 0.6 is 0 Å². The number of carbonyl (C=O) groups excluding carboxylic acids is 2. The van der Waals surface area contributed by atoms with E-state index in [1.54, 1.807) is 4.90 Å². The summed E-state index contributed by atoms with van der Waals surface area (Å²) in [4.78, 5) is 25.7. The van der Waals surface area contributed by atoms with E-state index in [0.717, 1.165) is 12.8 Å². The number of amides is 2. The van der Waals surface area contributed by atoms with Crippen molar-refractivity contribution in [1.29, 1.82) is 0 Å². The molecule has 0 radical (unpaired) electrons. The first kappa shape index (κ1) is 13.0.